The molecule has 6 heteroatoms. The standard InChI is InChI=1S/C25H28N2O4/c1-17(15-19-16-26-21-12-7-6-11-20(19)21)24(29)27-22(25(30)31-2)13-8-14-23(28)18-9-4-3-5-10-18/h3-7,9-12,16-17,22,26H,8,13-15H2,1-2H3,(H,27,29)/t17-,22-/m0/s1. The molecule has 0 unspecified atom stereocenters. The molecule has 2 atom stereocenters. The van der Waals surface area contributed by atoms with Crippen LogP contribution in [-0.4, -0.2) is 35.8 Å². The molecule has 0 saturated carbocycles. The summed E-state index contributed by atoms with van der Waals surface area (Å²) in [4.78, 5) is 40.4. The third-order valence-corrected chi connectivity index (χ3v) is 5.44. The number of carbonyl (C=O) groups excluding carboxylic acids is 3. The molecule has 0 aliphatic heterocycles. The van der Waals surface area contributed by atoms with Crippen LogP contribution in [0.15, 0.2) is 60.8 Å². The maximum absolute atomic E-state index is 12.8. The van der Waals surface area contributed by atoms with Crippen molar-refractivity contribution in [1.29, 1.82) is 0 Å². The lowest BCUT2D eigenvalue weighted by Gasteiger charge is -2.19. The van der Waals surface area contributed by atoms with Crippen molar-refractivity contribution in [3.63, 3.8) is 0 Å². The molecule has 31 heavy (non-hydrogen) atoms. The molecule has 1 heterocycles. The van der Waals surface area contributed by atoms with Crippen LogP contribution in [0.3, 0.4) is 0 Å². The number of para-hydroxylation sites is 1. The first-order chi connectivity index (χ1) is 15.0. The number of rotatable bonds is 10. The molecular weight excluding hydrogens is 392 g/mol. The fourth-order valence-corrected chi connectivity index (χ4v) is 3.66. The highest BCUT2D eigenvalue weighted by atomic mass is 16.5. The SMILES string of the molecule is COC(=O)[C@H](CCCC(=O)c1ccccc1)NC(=O)[C@@H](C)Cc1c[nH]c2ccccc12. The van der Waals surface area contributed by atoms with Gasteiger partial charge in [0.15, 0.2) is 5.78 Å². The predicted molar refractivity (Wildman–Crippen MR) is 120 cm³/mol. The Hall–Kier alpha value is -3.41. The molecule has 0 bridgehead atoms. The highest BCUT2D eigenvalue weighted by Gasteiger charge is 2.25. The Morgan fingerprint density at radius 3 is 2.48 bits per heavy atom. The summed E-state index contributed by atoms with van der Waals surface area (Å²) in [5, 5.41) is 3.90. The number of methoxy groups -OCH3 is 1. The van der Waals surface area contributed by atoms with Crippen LogP contribution in [0.25, 0.3) is 10.9 Å². The first-order valence-corrected chi connectivity index (χ1v) is 10.5. The summed E-state index contributed by atoms with van der Waals surface area (Å²) in [5.41, 5.74) is 2.73. The van der Waals surface area contributed by atoms with Crippen molar-refractivity contribution in [3.8, 4) is 0 Å². The van der Waals surface area contributed by atoms with Crippen molar-refractivity contribution in [2.75, 3.05) is 7.11 Å². The fraction of sp³-hybridized carbons (Fsp3) is 0.320. The van der Waals surface area contributed by atoms with Gasteiger partial charge in [-0.05, 0) is 30.9 Å². The Morgan fingerprint density at radius 1 is 1.03 bits per heavy atom. The monoisotopic (exact) mass is 420 g/mol. The van der Waals surface area contributed by atoms with Crippen molar-refractivity contribution >= 4 is 28.6 Å². The summed E-state index contributed by atoms with van der Waals surface area (Å²) in [6.45, 7) is 1.84. The lowest BCUT2D eigenvalue weighted by Crippen LogP contribution is -2.44. The molecule has 0 fully saturated rings. The minimum atomic E-state index is -0.772. The zero-order valence-corrected chi connectivity index (χ0v) is 17.9. The summed E-state index contributed by atoms with van der Waals surface area (Å²) in [6.07, 6.45) is 3.59. The van der Waals surface area contributed by atoms with Gasteiger partial charge < -0.3 is 15.0 Å². The summed E-state index contributed by atoms with van der Waals surface area (Å²) < 4.78 is 4.86. The number of hydrogen-bond donors (Lipinski definition) is 2. The highest BCUT2D eigenvalue weighted by Crippen LogP contribution is 2.21. The minimum Gasteiger partial charge on any atom is -0.467 e. The van der Waals surface area contributed by atoms with Gasteiger partial charge in [-0.3, -0.25) is 9.59 Å². The number of ketones is 1. The molecule has 3 rings (SSSR count). The number of carbonyl (C=O) groups is 3. The number of benzene rings is 2. The van der Waals surface area contributed by atoms with Gasteiger partial charge in [0.1, 0.15) is 6.04 Å². The van der Waals surface area contributed by atoms with Gasteiger partial charge in [0.05, 0.1) is 7.11 Å². The Balaban J connectivity index is 1.56. The average Bonchev–Trinajstić information content (AvgIpc) is 3.21. The molecule has 6 nitrogen and oxygen atoms in total. The Morgan fingerprint density at radius 2 is 1.74 bits per heavy atom. The molecule has 0 aliphatic rings. The van der Waals surface area contributed by atoms with Crippen molar-refractivity contribution in [2.24, 2.45) is 5.92 Å². The number of aromatic amines is 1. The Kier molecular flexibility index (Phi) is 7.60. The second-order valence-corrected chi connectivity index (χ2v) is 7.73. The molecule has 0 aliphatic carbocycles. The third-order valence-electron chi connectivity index (χ3n) is 5.44. The van der Waals surface area contributed by atoms with Crippen LogP contribution in [0.2, 0.25) is 0 Å². The largest absolute Gasteiger partial charge is 0.467 e. The molecule has 2 aromatic carbocycles. The van der Waals surface area contributed by atoms with Crippen molar-refractivity contribution in [3.05, 3.63) is 71.9 Å². The van der Waals surface area contributed by atoms with E-state index in [2.05, 4.69) is 10.3 Å². The van der Waals surface area contributed by atoms with Crippen molar-refractivity contribution in [2.45, 2.75) is 38.6 Å². The zero-order valence-electron chi connectivity index (χ0n) is 17.9. The van der Waals surface area contributed by atoms with Gasteiger partial charge in [0.2, 0.25) is 5.91 Å². The molecule has 162 valence electrons. The molecule has 0 spiro atoms. The van der Waals surface area contributed by atoms with Gasteiger partial charge in [0.25, 0.3) is 0 Å². The normalized spacial score (nSPS) is 12.8. The number of H-pyrrole nitrogens is 1. The van der Waals surface area contributed by atoms with E-state index in [1.54, 1.807) is 12.1 Å². The summed E-state index contributed by atoms with van der Waals surface area (Å²) in [5.74, 6) is -1.02. The van der Waals surface area contributed by atoms with Crippen molar-refractivity contribution in [1.82, 2.24) is 10.3 Å². The maximum atomic E-state index is 12.8. The first-order valence-electron chi connectivity index (χ1n) is 10.5. The molecular formula is C25H28N2O4. The highest BCUT2D eigenvalue weighted by molar-refractivity contribution is 5.96. The topological polar surface area (TPSA) is 88.3 Å². The number of nitrogens with one attached hydrogen (secondary N) is 2. The summed E-state index contributed by atoms with van der Waals surface area (Å²) in [7, 11) is 1.30. The number of amides is 1. The van der Waals surface area contributed by atoms with Gasteiger partial charge in [-0.2, -0.15) is 0 Å². The van der Waals surface area contributed by atoms with E-state index >= 15 is 0 Å². The predicted octanol–water partition coefficient (Wildman–Crippen LogP) is 4.06. The lowest BCUT2D eigenvalue weighted by molar-refractivity contribution is -0.145. The van der Waals surface area contributed by atoms with E-state index in [9.17, 15) is 14.4 Å². The number of aromatic nitrogens is 1. The van der Waals surface area contributed by atoms with Crippen LogP contribution in [0.4, 0.5) is 0 Å². The van der Waals surface area contributed by atoms with Crippen LogP contribution < -0.4 is 5.32 Å². The summed E-state index contributed by atoms with van der Waals surface area (Å²) >= 11 is 0. The first kappa shape index (κ1) is 22.3. The van der Waals surface area contributed by atoms with Crippen LogP contribution in [0.1, 0.15) is 42.1 Å². The molecule has 3 aromatic rings. The average molecular weight is 421 g/mol. The van der Waals surface area contributed by atoms with E-state index in [-0.39, 0.29) is 17.6 Å². The van der Waals surface area contributed by atoms with Gasteiger partial charge in [-0.25, -0.2) is 4.79 Å². The van der Waals surface area contributed by atoms with E-state index < -0.39 is 12.0 Å². The summed E-state index contributed by atoms with van der Waals surface area (Å²) in [6, 6.07) is 16.2. The smallest absolute Gasteiger partial charge is 0.328 e. The van der Waals surface area contributed by atoms with Gasteiger partial charge in [-0.1, -0.05) is 55.5 Å². The van der Waals surface area contributed by atoms with Crippen LogP contribution in [0, 0.1) is 5.92 Å². The molecule has 2 N–H and O–H groups in total. The minimum absolute atomic E-state index is 0.0169. The van der Waals surface area contributed by atoms with E-state index in [0.29, 0.717) is 31.2 Å². The second-order valence-electron chi connectivity index (χ2n) is 7.73. The number of ether oxygens (including phenoxy) is 1. The quantitative estimate of drug-likeness (QED) is 0.382. The molecule has 0 saturated heterocycles. The van der Waals surface area contributed by atoms with Crippen LogP contribution in [0.5, 0.6) is 0 Å². The number of Topliss-reactive ketones (excluding diaryl/α,β-unsaturated/α-hetero) is 1. The number of hydrogen-bond acceptors (Lipinski definition) is 4. The Labute approximate surface area is 182 Å². The van der Waals surface area contributed by atoms with Gasteiger partial charge in [0, 0.05) is 35.0 Å². The number of fused-ring (bicyclic) bond motifs is 1. The van der Waals surface area contributed by atoms with Crippen LogP contribution >= 0.6 is 0 Å². The van der Waals surface area contributed by atoms with Gasteiger partial charge in [-0.15, -0.1) is 0 Å². The van der Waals surface area contributed by atoms with Crippen molar-refractivity contribution < 1.29 is 19.1 Å². The van der Waals surface area contributed by atoms with E-state index in [1.807, 2.05) is 55.6 Å². The van der Waals surface area contributed by atoms with E-state index in [1.165, 1.54) is 7.11 Å². The van der Waals surface area contributed by atoms with Gasteiger partial charge >= 0.3 is 5.97 Å². The molecule has 0 radical (unpaired) electrons. The lowest BCUT2D eigenvalue weighted by atomic mass is 9.98. The molecule has 1 amide bonds. The number of esters is 1. The van der Waals surface area contributed by atoms with Crippen LogP contribution in [-0.2, 0) is 20.7 Å². The Bertz CT molecular complexity index is 1040. The van der Waals surface area contributed by atoms with E-state index in [4.69, 9.17) is 4.74 Å². The zero-order chi connectivity index (χ0) is 22.2. The maximum Gasteiger partial charge on any atom is 0.328 e. The fourth-order valence-electron chi connectivity index (χ4n) is 3.66. The van der Waals surface area contributed by atoms with E-state index in [0.717, 1.165) is 16.5 Å². The second kappa shape index (κ2) is 10.6. The molecule has 1 aromatic heterocycles. The third kappa shape index (κ3) is 5.81.